The summed E-state index contributed by atoms with van der Waals surface area (Å²) in [7, 11) is 0. The Hall–Kier alpha value is -1.29. The molecule has 4 heteroatoms. The van der Waals surface area contributed by atoms with Crippen LogP contribution in [0, 0.1) is 5.92 Å². The molecule has 3 nitrogen and oxygen atoms in total. The number of aromatic carboxylic acids is 1. The fourth-order valence-electron chi connectivity index (χ4n) is 2.16. The molecule has 0 saturated heterocycles. The topological polar surface area (TPSA) is 42.2 Å². The van der Waals surface area contributed by atoms with Gasteiger partial charge >= 0.3 is 5.97 Å². The molecule has 1 N–H and O–H groups in total. The first kappa shape index (κ1) is 10.8. The number of carboxylic acids is 1. The van der Waals surface area contributed by atoms with Crippen molar-refractivity contribution in [3.8, 4) is 0 Å². The van der Waals surface area contributed by atoms with Crippen molar-refractivity contribution >= 4 is 32.8 Å². The smallest absolute Gasteiger partial charge is 0.352 e. The summed E-state index contributed by atoms with van der Waals surface area (Å²) in [4.78, 5) is 11.2. The Morgan fingerprint density at radius 2 is 2.18 bits per heavy atom. The molecule has 88 valence electrons. The minimum absolute atomic E-state index is 0.394. The summed E-state index contributed by atoms with van der Waals surface area (Å²) in [5.74, 6) is -0.194. The second-order valence-electron chi connectivity index (χ2n) is 4.59. The third-order valence-corrected chi connectivity index (χ3v) is 3.72. The Morgan fingerprint density at radius 1 is 1.41 bits per heavy atom. The molecular formula is C13H12BrNO2. The van der Waals surface area contributed by atoms with E-state index in [9.17, 15) is 9.90 Å². The van der Waals surface area contributed by atoms with Gasteiger partial charge in [-0.15, -0.1) is 0 Å². The molecule has 0 unspecified atom stereocenters. The Morgan fingerprint density at radius 3 is 2.82 bits per heavy atom. The number of aromatic nitrogens is 1. The summed E-state index contributed by atoms with van der Waals surface area (Å²) in [6.45, 7) is 0.821. The van der Waals surface area contributed by atoms with Gasteiger partial charge < -0.3 is 9.67 Å². The van der Waals surface area contributed by atoms with E-state index < -0.39 is 5.97 Å². The van der Waals surface area contributed by atoms with Gasteiger partial charge in [-0.05, 0) is 37.0 Å². The second kappa shape index (κ2) is 3.88. The molecule has 1 saturated carbocycles. The monoisotopic (exact) mass is 293 g/mol. The summed E-state index contributed by atoms with van der Waals surface area (Å²) in [5.41, 5.74) is 1.40. The van der Waals surface area contributed by atoms with Crippen LogP contribution in [0.3, 0.4) is 0 Å². The zero-order chi connectivity index (χ0) is 12.0. The van der Waals surface area contributed by atoms with Crippen molar-refractivity contribution in [3.63, 3.8) is 0 Å². The van der Waals surface area contributed by atoms with E-state index in [1.54, 1.807) is 6.07 Å². The molecule has 1 fully saturated rings. The van der Waals surface area contributed by atoms with Crippen LogP contribution in [0.1, 0.15) is 23.3 Å². The van der Waals surface area contributed by atoms with Crippen molar-refractivity contribution in [2.24, 2.45) is 5.92 Å². The van der Waals surface area contributed by atoms with Crippen molar-refractivity contribution in [2.45, 2.75) is 19.4 Å². The zero-order valence-corrected chi connectivity index (χ0v) is 10.8. The van der Waals surface area contributed by atoms with Gasteiger partial charge in [0.1, 0.15) is 5.69 Å². The van der Waals surface area contributed by atoms with Gasteiger partial charge in [0.2, 0.25) is 0 Å². The van der Waals surface area contributed by atoms with Crippen LogP contribution in [0.5, 0.6) is 0 Å². The van der Waals surface area contributed by atoms with Crippen LogP contribution in [0.2, 0.25) is 0 Å². The maximum atomic E-state index is 11.2. The van der Waals surface area contributed by atoms with Crippen molar-refractivity contribution in [1.82, 2.24) is 4.57 Å². The lowest BCUT2D eigenvalue weighted by Crippen LogP contribution is -2.09. The quantitative estimate of drug-likeness (QED) is 0.941. The highest BCUT2D eigenvalue weighted by Gasteiger charge is 2.25. The van der Waals surface area contributed by atoms with Gasteiger partial charge in [-0.25, -0.2) is 4.79 Å². The van der Waals surface area contributed by atoms with Crippen LogP contribution in [-0.2, 0) is 6.54 Å². The molecule has 1 aliphatic rings. The van der Waals surface area contributed by atoms with Crippen LogP contribution in [-0.4, -0.2) is 15.6 Å². The molecule has 0 radical (unpaired) electrons. The normalized spacial score (nSPS) is 15.4. The zero-order valence-electron chi connectivity index (χ0n) is 9.19. The van der Waals surface area contributed by atoms with E-state index in [1.807, 2.05) is 22.8 Å². The van der Waals surface area contributed by atoms with E-state index in [-0.39, 0.29) is 0 Å². The summed E-state index contributed by atoms with van der Waals surface area (Å²) < 4.78 is 2.91. The minimum atomic E-state index is -0.849. The Balaban J connectivity index is 2.20. The highest BCUT2D eigenvalue weighted by Crippen LogP contribution is 2.33. The third-order valence-electron chi connectivity index (χ3n) is 3.22. The molecular weight excluding hydrogens is 282 g/mol. The molecule has 1 heterocycles. The predicted octanol–water partition coefficient (Wildman–Crippen LogP) is 3.51. The Bertz CT molecular complexity index is 599. The number of nitrogens with zero attached hydrogens (tertiary/aromatic N) is 1. The summed E-state index contributed by atoms with van der Waals surface area (Å²) in [5, 5.41) is 10.2. The van der Waals surface area contributed by atoms with Crippen LogP contribution >= 0.6 is 15.9 Å². The first-order valence-corrected chi connectivity index (χ1v) is 6.46. The highest BCUT2D eigenvalue weighted by molar-refractivity contribution is 9.10. The standard InChI is InChI=1S/C13H12BrNO2/c14-10-4-3-9-5-12(13(16)17)15(11(9)6-10)7-8-1-2-8/h3-6,8H,1-2,7H2,(H,16,17). The number of carbonyl (C=O) groups is 1. The van der Waals surface area contributed by atoms with Gasteiger partial charge in [-0.3, -0.25) is 0 Å². The molecule has 0 spiro atoms. The molecule has 0 bridgehead atoms. The predicted molar refractivity (Wildman–Crippen MR) is 69.3 cm³/mol. The summed E-state index contributed by atoms with van der Waals surface area (Å²) in [6.07, 6.45) is 2.43. The second-order valence-corrected chi connectivity index (χ2v) is 5.51. The molecule has 0 atom stereocenters. The molecule has 1 aromatic heterocycles. The van der Waals surface area contributed by atoms with E-state index in [4.69, 9.17) is 0 Å². The first-order chi connectivity index (χ1) is 8.15. The molecule has 1 aliphatic carbocycles. The van der Waals surface area contributed by atoms with Crippen LogP contribution in [0.4, 0.5) is 0 Å². The number of rotatable bonds is 3. The van der Waals surface area contributed by atoms with Crippen molar-refractivity contribution in [2.75, 3.05) is 0 Å². The van der Waals surface area contributed by atoms with Gasteiger partial charge in [0.25, 0.3) is 0 Å². The van der Waals surface area contributed by atoms with Crippen molar-refractivity contribution < 1.29 is 9.90 Å². The number of carboxylic acid groups (broad SMARTS) is 1. The molecule has 3 rings (SSSR count). The summed E-state index contributed by atoms with van der Waals surface area (Å²) >= 11 is 3.43. The third kappa shape index (κ3) is 1.97. The lowest BCUT2D eigenvalue weighted by atomic mass is 10.2. The van der Waals surface area contributed by atoms with Gasteiger partial charge in [-0.2, -0.15) is 0 Å². The van der Waals surface area contributed by atoms with Crippen LogP contribution in [0.25, 0.3) is 10.9 Å². The maximum absolute atomic E-state index is 11.2. The molecule has 1 aromatic carbocycles. The maximum Gasteiger partial charge on any atom is 0.352 e. The first-order valence-electron chi connectivity index (χ1n) is 5.67. The van der Waals surface area contributed by atoms with Gasteiger partial charge in [-0.1, -0.05) is 22.0 Å². The van der Waals surface area contributed by atoms with Crippen molar-refractivity contribution in [3.05, 3.63) is 34.4 Å². The van der Waals surface area contributed by atoms with Gasteiger partial charge in [0.15, 0.2) is 0 Å². The average Bonchev–Trinajstić information content (AvgIpc) is 3.01. The Labute approximate surface area is 107 Å². The van der Waals surface area contributed by atoms with E-state index in [0.717, 1.165) is 21.9 Å². The van der Waals surface area contributed by atoms with Gasteiger partial charge in [0.05, 0.1) is 0 Å². The van der Waals surface area contributed by atoms with E-state index in [2.05, 4.69) is 15.9 Å². The van der Waals surface area contributed by atoms with E-state index in [1.165, 1.54) is 12.8 Å². The number of benzene rings is 1. The number of halogens is 1. The van der Waals surface area contributed by atoms with Crippen molar-refractivity contribution in [1.29, 1.82) is 0 Å². The molecule has 2 aromatic rings. The summed E-state index contributed by atoms with van der Waals surface area (Å²) in [6, 6.07) is 7.64. The number of fused-ring (bicyclic) bond motifs is 1. The van der Waals surface area contributed by atoms with Crippen LogP contribution < -0.4 is 0 Å². The average molecular weight is 294 g/mol. The lowest BCUT2D eigenvalue weighted by molar-refractivity contribution is 0.0685. The number of hydrogen-bond acceptors (Lipinski definition) is 1. The SMILES string of the molecule is O=C(O)c1cc2ccc(Br)cc2n1CC1CC1. The Kier molecular flexibility index (Phi) is 2.47. The molecule has 0 amide bonds. The molecule has 17 heavy (non-hydrogen) atoms. The van der Waals surface area contributed by atoms with E-state index in [0.29, 0.717) is 11.6 Å². The van der Waals surface area contributed by atoms with Gasteiger partial charge in [0, 0.05) is 21.9 Å². The highest BCUT2D eigenvalue weighted by atomic mass is 79.9. The molecule has 0 aliphatic heterocycles. The largest absolute Gasteiger partial charge is 0.477 e. The van der Waals surface area contributed by atoms with E-state index >= 15 is 0 Å². The fraction of sp³-hybridized carbons (Fsp3) is 0.308. The van der Waals surface area contributed by atoms with Crippen LogP contribution in [0.15, 0.2) is 28.7 Å². The minimum Gasteiger partial charge on any atom is -0.477 e. The number of hydrogen-bond donors (Lipinski definition) is 1. The fourth-order valence-corrected chi connectivity index (χ4v) is 2.51. The lowest BCUT2D eigenvalue weighted by Gasteiger charge is -2.07.